The van der Waals surface area contributed by atoms with Crippen molar-refractivity contribution in [1.82, 2.24) is 9.55 Å². The predicted molar refractivity (Wildman–Crippen MR) is 101 cm³/mol. The Kier molecular flexibility index (Phi) is 5.12. The van der Waals surface area contributed by atoms with E-state index in [0.717, 1.165) is 27.7 Å². The monoisotopic (exact) mass is 336 g/mol. The van der Waals surface area contributed by atoms with Crippen LogP contribution in [0.3, 0.4) is 0 Å². The molecule has 0 aliphatic carbocycles. The molecule has 0 radical (unpaired) electrons. The van der Waals surface area contributed by atoms with Crippen molar-refractivity contribution in [3.63, 3.8) is 0 Å². The summed E-state index contributed by atoms with van der Waals surface area (Å²) in [5, 5.41) is 0.943. The average Bonchev–Trinajstić information content (AvgIpc) is 2.91. The number of hydrogen-bond donors (Lipinski definition) is 0. The first-order valence-corrected chi connectivity index (χ1v) is 8.89. The van der Waals surface area contributed by atoms with E-state index in [-0.39, 0.29) is 0 Å². The van der Waals surface area contributed by atoms with E-state index < -0.39 is 0 Å². The van der Waals surface area contributed by atoms with Crippen molar-refractivity contribution in [2.75, 3.05) is 12.4 Å². The smallest absolute Gasteiger partial charge is 0.170 e. The quantitative estimate of drug-likeness (QED) is 0.378. The molecule has 0 aliphatic rings. The molecule has 122 valence electrons. The van der Waals surface area contributed by atoms with Gasteiger partial charge in [-0.1, -0.05) is 47.5 Å². The number of ether oxygens (including phenoxy) is 1. The first-order valence-electron chi connectivity index (χ1n) is 7.90. The molecule has 0 aliphatic heterocycles. The van der Waals surface area contributed by atoms with Crippen LogP contribution in [0.5, 0.6) is 5.75 Å². The number of fused-ring (bicyclic) bond motifs is 1. The highest BCUT2D eigenvalue weighted by molar-refractivity contribution is 7.99. The summed E-state index contributed by atoms with van der Waals surface area (Å²) in [4.78, 5) is 4.68. The summed E-state index contributed by atoms with van der Waals surface area (Å²) in [6.07, 6.45) is 5.51. The van der Waals surface area contributed by atoms with Gasteiger partial charge < -0.3 is 9.30 Å². The molecule has 0 atom stereocenters. The number of terminal acetylenes is 1. The van der Waals surface area contributed by atoms with Gasteiger partial charge in [-0.2, -0.15) is 0 Å². The van der Waals surface area contributed by atoms with Gasteiger partial charge in [0.2, 0.25) is 0 Å². The molecule has 0 N–H and O–H groups in total. The minimum Gasteiger partial charge on any atom is -0.492 e. The molecule has 1 heterocycles. The van der Waals surface area contributed by atoms with Gasteiger partial charge in [-0.05, 0) is 37.6 Å². The Morgan fingerprint density at radius 1 is 1.21 bits per heavy atom. The molecule has 0 bridgehead atoms. The summed E-state index contributed by atoms with van der Waals surface area (Å²) in [6.45, 7) is 5.32. The number of thioether (sulfide) groups is 1. The molecule has 3 rings (SSSR count). The lowest BCUT2D eigenvalue weighted by Crippen LogP contribution is -2.04. The number of para-hydroxylation sites is 2. The highest BCUT2D eigenvalue weighted by atomic mass is 32.2. The van der Waals surface area contributed by atoms with E-state index in [2.05, 4.69) is 47.5 Å². The lowest BCUT2D eigenvalue weighted by Gasteiger charge is -2.10. The lowest BCUT2D eigenvalue weighted by atomic mass is 10.1. The molecular formula is C20H20N2OS. The minimum atomic E-state index is 0.529. The zero-order valence-electron chi connectivity index (χ0n) is 14.0. The number of imidazole rings is 1. The second-order valence-corrected chi connectivity index (χ2v) is 6.70. The zero-order valence-corrected chi connectivity index (χ0v) is 14.8. The fraction of sp³-hybridized carbons (Fsp3) is 0.250. The van der Waals surface area contributed by atoms with Gasteiger partial charge in [-0.15, -0.1) is 6.42 Å². The second-order valence-electron chi connectivity index (χ2n) is 5.64. The molecule has 0 amide bonds. The van der Waals surface area contributed by atoms with Gasteiger partial charge in [0, 0.05) is 5.75 Å². The van der Waals surface area contributed by atoms with Crippen molar-refractivity contribution in [1.29, 1.82) is 0 Å². The maximum atomic E-state index is 5.89. The number of hydrogen-bond acceptors (Lipinski definition) is 3. The third-order valence-corrected chi connectivity index (χ3v) is 4.71. The van der Waals surface area contributed by atoms with Crippen molar-refractivity contribution in [2.24, 2.45) is 0 Å². The molecule has 0 saturated heterocycles. The summed E-state index contributed by atoms with van der Waals surface area (Å²) < 4.78 is 7.97. The zero-order chi connectivity index (χ0) is 16.9. The normalized spacial score (nSPS) is 10.7. The van der Waals surface area contributed by atoms with Crippen LogP contribution in [0.2, 0.25) is 0 Å². The van der Waals surface area contributed by atoms with Gasteiger partial charge in [0.15, 0.2) is 5.16 Å². The Morgan fingerprint density at radius 3 is 2.83 bits per heavy atom. The van der Waals surface area contributed by atoms with Crippen LogP contribution in [-0.4, -0.2) is 21.9 Å². The van der Waals surface area contributed by atoms with Crippen molar-refractivity contribution in [3.8, 4) is 18.1 Å². The fourth-order valence-corrected chi connectivity index (χ4v) is 3.48. The van der Waals surface area contributed by atoms with Crippen LogP contribution in [0.15, 0.2) is 47.6 Å². The summed E-state index contributed by atoms with van der Waals surface area (Å²) >= 11 is 1.67. The molecule has 0 spiro atoms. The van der Waals surface area contributed by atoms with Crippen molar-refractivity contribution in [3.05, 3.63) is 53.6 Å². The van der Waals surface area contributed by atoms with Crippen LogP contribution in [-0.2, 0) is 6.54 Å². The van der Waals surface area contributed by atoms with Crippen LogP contribution in [0, 0.1) is 26.2 Å². The summed E-state index contributed by atoms with van der Waals surface area (Å²) in [5.74, 6) is 4.47. The van der Waals surface area contributed by atoms with E-state index in [1.807, 2.05) is 24.3 Å². The standard InChI is InChI=1S/C20H20N2OS/c1-4-11-22-18-8-6-5-7-17(18)21-20(22)24-13-12-23-19-10-9-15(2)14-16(19)3/h1,5-10,14H,11-13H2,2-3H3. The first kappa shape index (κ1) is 16.5. The van der Waals surface area contributed by atoms with Crippen LogP contribution >= 0.6 is 11.8 Å². The Balaban J connectivity index is 1.65. The van der Waals surface area contributed by atoms with Crippen LogP contribution in [0.4, 0.5) is 0 Å². The summed E-state index contributed by atoms with van der Waals surface area (Å²) in [7, 11) is 0. The number of benzene rings is 2. The highest BCUT2D eigenvalue weighted by Gasteiger charge is 2.10. The molecular weight excluding hydrogens is 316 g/mol. The molecule has 2 aromatic carbocycles. The van der Waals surface area contributed by atoms with Gasteiger partial charge in [0.25, 0.3) is 0 Å². The van der Waals surface area contributed by atoms with Gasteiger partial charge in [-0.25, -0.2) is 4.98 Å². The lowest BCUT2D eigenvalue weighted by molar-refractivity contribution is 0.341. The third-order valence-electron chi connectivity index (χ3n) is 3.77. The van der Waals surface area contributed by atoms with E-state index in [4.69, 9.17) is 11.2 Å². The molecule has 3 aromatic rings. The van der Waals surface area contributed by atoms with E-state index in [1.165, 1.54) is 11.1 Å². The molecule has 0 saturated carbocycles. The minimum absolute atomic E-state index is 0.529. The second kappa shape index (κ2) is 7.46. The number of rotatable bonds is 6. The van der Waals surface area contributed by atoms with Gasteiger partial charge in [0.05, 0.1) is 24.2 Å². The van der Waals surface area contributed by atoms with Gasteiger partial charge in [0.1, 0.15) is 5.75 Å². The number of nitrogens with zero attached hydrogens (tertiary/aromatic N) is 2. The summed E-state index contributed by atoms with van der Waals surface area (Å²) in [5.41, 5.74) is 4.47. The van der Waals surface area contributed by atoms with Crippen LogP contribution in [0.1, 0.15) is 11.1 Å². The van der Waals surface area contributed by atoms with Crippen LogP contribution in [0.25, 0.3) is 11.0 Å². The fourth-order valence-electron chi connectivity index (χ4n) is 2.65. The molecule has 0 unspecified atom stereocenters. The largest absolute Gasteiger partial charge is 0.492 e. The first-order chi connectivity index (χ1) is 11.7. The van der Waals surface area contributed by atoms with Crippen molar-refractivity contribution in [2.45, 2.75) is 25.5 Å². The number of aryl methyl sites for hydroxylation is 2. The van der Waals surface area contributed by atoms with E-state index in [9.17, 15) is 0 Å². The highest BCUT2D eigenvalue weighted by Crippen LogP contribution is 2.24. The van der Waals surface area contributed by atoms with E-state index in [1.54, 1.807) is 11.8 Å². The van der Waals surface area contributed by atoms with Crippen molar-refractivity contribution >= 4 is 22.8 Å². The Morgan fingerprint density at radius 2 is 2.04 bits per heavy atom. The Bertz CT molecular complexity index is 892. The van der Waals surface area contributed by atoms with Gasteiger partial charge in [-0.3, -0.25) is 0 Å². The van der Waals surface area contributed by atoms with Crippen LogP contribution < -0.4 is 4.74 Å². The topological polar surface area (TPSA) is 27.1 Å². The number of aromatic nitrogens is 2. The maximum absolute atomic E-state index is 5.89. The summed E-state index contributed by atoms with van der Waals surface area (Å²) in [6, 6.07) is 14.3. The Hall–Kier alpha value is -2.38. The molecule has 3 nitrogen and oxygen atoms in total. The van der Waals surface area contributed by atoms with E-state index in [0.29, 0.717) is 13.2 Å². The third kappa shape index (κ3) is 3.58. The van der Waals surface area contributed by atoms with Crippen molar-refractivity contribution < 1.29 is 4.74 Å². The molecule has 24 heavy (non-hydrogen) atoms. The van der Waals surface area contributed by atoms with E-state index >= 15 is 0 Å². The Labute approximate surface area is 147 Å². The SMILES string of the molecule is C#CCn1c(SCCOc2ccc(C)cc2C)nc2ccccc21. The predicted octanol–water partition coefficient (Wildman–Crippen LogP) is 4.46. The molecule has 1 aromatic heterocycles. The average molecular weight is 336 g/mol. The van der Waals surface area contributed by atoms with Gasteiger partial charge >= 0.3 is 0 Å². The molecule has 4 heteroatoms. The maximum Gasteiger partial charge on any atom is 0.170 e. The molecule has 0 fully saturated rings.